The number of para-hydroxylation sites is 1. The molecule has 1 saturated heterocycles. The van der Waals surface area contributed by atoms with E-state index in [1.807, 2.05) is 36.4 Å². The number of benzene rings is 2. The zero-order valence-electron chi connectivity index (χ0n) is 16.2. The minimum atomic E-state index is -0.282. The Labute approximate surface area is 175 Å². The van der Waals surface area contributed by atoms with Gasteiger partial charge < -0.3 is 9.80 Å². The molecule has 6 heteroatoms. The summed E-state index contributed by atoms with van der Waals surface area (Å²) < 4.78 is 1.35. The third-order valence-corrected chi connectivity index (χ3v) is 5.58. The van der Waals surface area contributed by atoms with Gasteiger partial charge in [-0.05, 0) is 23.8 Å². The molecule has 2 heterocycles. The second-order valence-electron chi connectivity index (χ2n) is 7.15. The Bertz CT molecular complexity index is 1030. The van der Waals surface area contributed by atoms with E-state index < -0.39 is 0 Å². The lowest BCUT2D eigenvalue weighted by molar-refractivity contribution is -0.894. The fraction of sp³-hybridized carbons (Fsp3) is 0.217. The summed E-state index contributed by atoms with van der Waals surface area (Å²) in [5.41, 5.74) is 2.38. The van der Waals surface area contributed by atoms with Crippen LogP contribution in [0.3, 0.4) is 0 Å². The molecule has 148 valence electrons. The van der Waals surface area contributed by atoms with Crippen molar-refractivity contribution < 1.29 is 4.90 Å². The van der Waals surface area contributed by atoms with Gasteiger partial charge >= 0.3 is 0 Å². The van der Waals surface area contributed by atoms with Crippen LogP contribution >= 0.6 is 11.6 Å². The van der Waals surface area contributed by atoms with Crippen LogP contribution in [0.15, 0.2) is 77.7 Å². The van der Waals surface area contributed by atoms with Gasteiger partial charge in [0.25, 0.3) is 5.56 Å². The highest BCUT2D eigenvalue weighted by Gasteiger charge is 2.23. The monoisotopic (exact) mass is 407 g/mol. The molecule has 0 amide bonds. The van der Waals surface area contributed by atoms with E-state index in [-0.39, 0.29) is 10.6 Å². The van der Waals surface area contributed by atoms with Crippen LogP contribution in [0.25, 0.3) is 11.8 Å². The number of anilines is 1. The fourth-order valence-corrected chi connectivity index (χ4v) is 3.84. The van der Waals surface area contributed by atoms with Crippen molar-refractivity contribution in [1.29, 1.82) is 0 Å². The average molecular weight is 408 g/mol. The van der Waals surface area contributed by atoms with Crippen LogP contribution in [0.4, 0.5) is 5.69 Å². The molecule has 0 bridgehead atoms. The SMILES string of the molecule is O=c1c(Cl)c(N2CC[NH+](C/C=C/c3ccccc3)CC2)cnn1-c1ccccc1. The molecule has 1 aliphatic heterocycles. The summed E-state index contributed by atoms with van der Waals surface area (Å²) in [5, 5.41) is 4.58. The van der Waals surface area contributed by atoms with Crippen LogP contribution in [0, 0.1) is 0 Å². The quantitative estimate of drug-likeness (QED) is 0.705. The van der Waals surface area contributed by atoms with Crippen molar-refractivity contribution in [3.63, 3.8) is 0 Å². The molecule has 5 nitrogen and oxygen atoms in total. The minimum absolute atomic E-state index is 0.233. The molecule has 3 aromatic rings. The first-order valence-corrected chi connectivity index (χ1v) is 10.2. The van der Waals surface area contributed by atoms with E-state index in [1.165, 1.54) is 15.1 Å². The number of rotatable bonds is 5. The summed E-state index contributed by atoms with van der Waals surface area (Å²) >= 11 is 6.44. The normalized spacial score (nSPS) is 15.1. The summed E-state index contributed by atoms with van der Waals surface area (Å²) in [7, 11) is 0. The van der Waals surface area contributed by atoms with Crippen molar-refractivity contribution in [1.82, 2.24) is 9.78 Å². The van der Waals surface area contributed by atoms with Gasteiger partial charge in [-0.3, -0.25) is 4.79 Å². The van der Waals surface area contributed by atoms with Gasteiger partial charge in [0.1, 0.15) is 5.02 Å². The van der Waals surface area contributed by atoms with Gasteiger partial charge in [-0.25, -0.2) is 0 Å². The Hall–Kier alpha value is -2.89. The fourth-order valence-electron chi connectivity index (χ4n) is 3.59. The van der Waals surface area contributed by atoms with Crippen molar-refractivity contribution in [3.05, 3.63) is 93.9 Å². The van der Waals surface area contributed by atoms with Crippen molar-refractivity contribution in [2.45, 2.75) is 0 Å². The van der Waals surface area contributed by atoms with E-state index in [0.717, 1.165) is 38.4 Å². The van der Waals surface area contributed by atoms with Gasteiger partial charge in [0.2, 0.25) is 0 Å². The molecule has 0 radical (unpaired) electrons. The molecule has 2 aromatic carbocycles. The average Bonchev–Trinajstić information content (AvgIpc) is 2.78. The zero-order chi connectivity index (χ0) is 20.1. The maximum atomic E-state index is 12.7. The molecule has 0 saturated carbocycles. The van der Waals surface area contributed by atoms with E-state index >= 15 is 0 Å². The Balaban J connectivity index is 1.39. The molecule has 0 spiro atoms. The zero-order valence-corrected chi connectivity index (χ0v) is 16.9. The number of nitrogens with one attached hydrogen (secondary N) is 1. The second kappa shape index (κ2) is 9.07. The molecule has 1 aromatic heterocycles. The lowest BCUT2D eigenvalue weighted by Gasteiger charge is -2.33. The number of quaternary nitrogens is 1. The van der Waals surface area contributed by atoms with Crippen molar-refractivity contribution >= 4 is 23.4 Å². The number of piperazine rings is 1. The van der Waals surface area contributed by atoms with E-state index in [0.29, 0.717) is 5.69 Å². The molecule has 0 aliphatic carbocycles. The highest BCUT2D eigenvalue weighted by molar-refractivity contribution is 6.33. The maximum Gasteiger partial charge on any atom is 0.292 e. The van der Waals surface area contributed by atoms with Crippen LogP contribution in [-0.2, 0) is 0 Å². The van der Waals surface area contributed by atoms with Crippen molar-refractivity contribution in [3.8, 4) is 5.69 Å². The summed E-state index contributed by atoms with van der Waals surface area (Å²) in [6.45, 7) is 4.69. The first-order valence-electron chi connectivity index (χ1n) is 9.86. The lowest BCUT2D eigenvalue weighted by atomic mass is 10.2. The summed E-state index contributed by atoms with van der Waals surface area (Å²) in [6.07, 6.45) is 6.11. The van der Waals surface area contributed by atoms with Crippen LogP contribution in [0.5, 0.6) is 0 Å². The molecular weight excluding hydrogens is 384 g/mol. The van der Waals surface area contributed by atoms with Gasteiger partial charge in [0.15, 0.2) is 0 Å². The van der Waals surface area contributed by atoms with Crippen molar-refractivity contribution in [2.75, 3.05) is 37.6 Å². The van der Waals surface area contributed by atoms with Crippen LogP contribution < -0.4 is 15.4 Å². The van der Waals surface area contributed by atoms with E-state index in [2.05, 4.69) is 46.4 Å². The minimum Gasteiger partial charge on any atom is -0.358 e. The molecule has 29 heavy (non-hydrogen) atoms. The predicted molar refractivity (Wildman–Crippen MR) is 118 cm³/mol. The summed E-state index contributed by atoms with van der Waals surface area (Å²) in [5.74, 6) is 0. The lowest BCUT2D eigenvalue weighted by Crippen LogP contribution is -3.14. The van der Waals surface area contributed by atoms with Crippen LogP contribution in [0.1, 0.15) is 5.56 Å². The number of halogens is 1. The number of hydrogen-bond acceptors (Lipinski definition) is 3. The Morgan fingerprint density at radius 2 is 1.66 bits per heavy atom. The first-order chi connectivity index (χ1) is 14.2. The van der Waals surface area contributed by atoms with Crippen LogP contribution in [-0.4, -0.2) is 42.5 Å². The largest absolute Gasteiger partial charge is 0.358 e. The van der Waals surface area contributed by atoms with Crippen molar-refractivity contribution in [2.24, 2.45) is 0 Å². The predicted octanol–water partition coefficient (Wildman–Crippen LogP) is 2.30. The molecule has 0 unspecified atom stereocenters. The maximum absolute atomic E-state index is 12.7. The Morgan fingerprint density at radius 3 is 2.34 bits per heavy atom. The van der Waals surface area contributed by atoms with Gasteiger partial charge in [-0.15, -0.1) is 0 Å². The smallest absolute Gasteiger partial charge is 0.292 e. The molecule has 4 rings (SSSR count). The van der Waals surface area contributed by atoms with E-state index in [9.17, 15) is 4.79 Å². The van der Waals surface area contributed by atoms with Gasteiger partial charge in [0.05, 0.1) is 50.3 Å². The third kappa shape index (κ3) is 4.58. The highest BCUT2D eigenvalue weighted by atomic mass is 35.5. The molecular formula is C23H24ClN4O+. The second-order valence-corrected chi connectivity index (χ2v) is 7.53. The third-order valence-electron chi connectivity index (χ3n) is 5.23. The van der Waals surface area contributed by atoms with E-state index in [4.69, 9.17) is 11.6 Å². The van der Waals surface area contributed by atoms with E-state index in [1.54, 1.807) is 6.20 Å². The topological polar surface area (TPSA) is 42.6 Å². The molecule has 1 N–H and O–H groups in total. The summed E-state index contributed by atoms with van der Waals surface area (Å²) in [4.78, 5) is 16.4. The molecule has 1 aliphatic rings. The van der Waals surface area contributed by atoms with Crippen LogP contribution in [0.2, 0.25) is 5.02 Å². The highest BCUT2D eigenvalue weighted by Crippen LogP contribution is 2.21. The Kier molecular flexibility index (Phi) is 6.08. The Morgan fingerprint density at radius 1 is 1.00 bits per heavy atom. The number of nitrogens with zero attached hydrogens (tertiary/aromatic N) is 3. The number of aromatic nitrogens is 2. The molecule has 1 fully saturated rings. The molecule has 0 atom stereocenters. The van der Waals surface area contributed by atoms with Gasteiger partial charge in [0, 0.05) is 0 Å². The first kappa shape index (κ1) is 19.4. The van der Waals surface area contributed by atoms with Gasteiger partial charge in [-0.2, -0.15) is 9.78 Å². The van der Waals surface area contributed by atoms with Gasteiger partial charge in [-0.1, -0.05) is 66.2 Å². The number of hydrogen-bond donors (Lipinski definition) is 1. The summed E-state index contributed by atoms with van der Waals surface area (Å²) in [6, 6.07) is 19.7. The standard InChI is InChI=1S/C23H23ClN4O/c24-22-21(18-25-28(23(22)29)20-11-5-2-6-12-20)27-16-14-26(15-17-27)13-7-10-19-8-3-1-4-9-19/h1-12,18H,13-17H2/p+1/b10-7+.